The lowest BCUT2D eigenvalue weighted by atomic mass is 9.92. The standard InChI is InChI=1S/C17H27N3O3/c1-3-13(4-2)15(20-8-10-23-11-9-20)12-19-17(22)16(21)14-6-5-7-18-14/h5-7,13,15,18H,3-4,8-12H2,1-2H3,(H,19,22). The normalized spacial score (nSPS) is 17.2. The maximum atomic E-state index is 12.1. The summed E-state index contributed by atoms with van der Waals surface area (Å²) in [5.41, 5.74) is 0.327. The van der Waals surface area contributed by atoms with E-state index >= 15 is 0 Å². The first-order chi connectivity index (χ1) is 11.2. The summed E-state index contributed by atoms with van der Waals surface area (Å²) in [6, 6.07) is 3.57. The number of hydrogen-bond donors (Lipinski definition) is 2. The number of ether oxygens (including phenoxy) is 1. The van der Waals surface area contributed by atoms with E-state index in [9.17, 15) is 9.59 Å². The number of nitrogens with one attached hydrogen (secondary N) is 2. The predicted octanol–water partition coefficient (Wildman–Crippen LogP) is 1.45. The van der Waals surface area contributed by atoms with Crippen LogP contribution in [0.5, 0.6) is 0 Å². The Balaban J connectivity index is 1.96. The van der Waals surface area contributed by atoms with Gasteiger partial charge in [0, 0.05) is 31.9 Å². The van der Waals surface area contributed by atoms with E-state index in [1.807, 2.05) is 0 Å². The number of aromatic amines is 1. The molecule has 1 saturated heterocycles. The molecule has 0 aliphatic carbocycles. The van der Waals surface area contributed by atoms with Crippen molar-refractivity contribution < 1.29 is 14.3 Å². The maximum Gasteiger partial charge on any atom is 0.294 e. The van der Waals surface area contributed by atoms with Gasteiger partial charge in [0.2, 0.25) is 0 Å². The first-order valence-electron chi connectivity index (χ1n) is 8.45. The van der Waals surface area contributed by atoms with Crippen molar-refractivity contribution in [1.29, 1.82) is 0 Å². The van der Waals surface area contributed by atoms with Gasteiger partial charge >= 0.3 is 0 Å². The third kappa shape index (κ3) is 4.65. The average Bonchev–Trinajstić information content (AvgIpc) is 3.13. The van der Waals surface area contributed by atoms with Gasteiger partial charge in [0.1, 0.15) is 0 Å². The molecule has 23 heavy (non-hydrogen) atoms. The first kappa shape index (κ1) is 17.7. The largest absolute Gasteiger partial charge is 0.379 e. The summed E-state index contributed by atoms with van der Waals surface area (Å²) >= 11 is 0. The topological polar surface area (TPSA) is 74.4 Å². The zero-order valence-electron chi connectivity index (χ0n) is 14.0. The summed E-state index contributed by atoms with van der Waals surface area (Å²) in [6.07, 6.45) is 3.75. The molecule has 6 heteroatoms. The van der Waals surface area contributed by atoms with Crippen LogP contribution in [0, 0.1) is 5.92 Å². The highest BCUT2D eigenvalue weighted by molar-refractivity contribution is 6.42. The van der Waals surface area contributed by atoms with E-state index in [0.29, 0.717) is 18.2 Å². The van der Waals surface area contributed by atoms with Gasteiger partial charge in [0.25, 0.3) is 11.7 Å². The van der Waals surface area contributed by atoms with Crippen molar-refractivity contribution >= 4 is 11.7 Å². The zero-order valence-corrected chi connectivity index (χ0v) is 14.0. The molecule has 2 N–H and O–H groups in total. The molecule has 1 aliphatic heterocycles. The summed E-state index contributed by atoms with van der Waals surface area (Å²) < 4.78 is 5.42. The monoisotopic (exact) mass is 321 g/mol. The number of aromatic nitrogens is 1. The molecule has 1 unspecified atom stereocenters. The Kier molecular flexibility index (Phi) is 6.80. The molecular weight excluding hydrogens is 294 g/mol. The van der Waals surface area contributed by atoms with Crippen molar-refractivity contribution in [2.24, 2.45) is 5.92 Å². The molecule has 0 aromatic carbocycles. The molecule has 1 aliphatic rings. The third-order valence-electron chi connectivity index (χ3n) is 4.63. The molecule has 0 radical (unpaired) electrons. The second-order valence-corrected chi connectivity index (χ2v) is 5.92. The van der Waals surface area contributed by atoms with Crippen LogP contribution in [-0.2, 0) is 9.53 Å². The highest BCUT2D eigenvalue weighted by atomic mass is 16.5. The second kappa shape index (κ2) is 8.84. The molecule has 1 fully saturated rings. The second-order valence-electron chi connectivity index (χ2n) is 5.92. The van der Waals surface area contributed by atoms with Gasteiger partial charge in [-0.15, -0.1) is 0 Å². The van der Waals surface area contributed by atoms with Crippen LogP contribution in [0.4, 0.5) is 0 Å². The van der Waals surface area contributed by atoms with Crippen LogP contribution < -0.4 is 5.32 Å². The lowest BCUT2D eigenvalue weighted by Crippen LogP contribution is -2.52. The number of Topliss-reactive ketones (excluding diaryl/α,β-unsaturated/α-hetero) is 1. The highest BCUT2D eigenvalue weighted by Gasteiger charge is 2.28. The fourth-order valence-electron chi connectivity index (χ4n) is 3.21. The van der Waals surface area contributed by atoms with E-state index in [0.717, 1.165) is 39.1 Å². The number of carbonyl (C=O) groups excluding carboxylic acids is 2. The molecule has 0 spiro atoms. The minimum atomic E-state index is -0.545. The molecule has 0 saturated carbocycles. The molecule has 2 rings (SSSR count). The van der Waals surface area contributed by atoms with Crippen LogP contribution in [0.25, 0.3) is 0 Å². The summed E-state index contributed by atoms with van der Waals surface area (Å²) in [5, 5.41) is 2.83. The molecule has 1 amide bonds. The van der Waals surface area contributed by atoms with E-state index in [-0.39, 0.29) is 6.04 Å². The minimum Gasteiger partial charge on any atom is -0.379 e. The number of ketones is 1. The van der Waals surface area contributed by atoms with Crippen molar-refractivity contribution in [3.63, 3.8) is 0 Å². The molecule has 2 heterocycles. The van der Waals surface area contributed by atoms with Gasteiger partial charge in [-0.2, -0.15) is 0 Å². The molecule has 0 bridgehead atoms. The van der Waals surface area contributed by atoms with Crippen LogP contribution in [0.1, 0.15) is 37.2 Å². The van der Waals surface area contributed by atoms with Gasteiger partial charge in [0.05, 0.1) is 18.9 Å². The lowest BCUT2D eigenvalue weighted by molar-refractivity contribution is -0.117. The van der Waals surface area contributed by atoms with E-state index in [1.54, 1.807) is 18.3 Å². The van der Waals surface area contributed by atoms with E-state index < -0.39 is 11.7 Å². The lowest BCUT2D eigenvalue weighted by Gasteiger charge is -2.38. The van der Waals surface area contributed by atoms with Gasteiger partial charge in [-0.3, -0.25) is 14.5 Å². The minimum absolute atomic E-state index is 0.245. The Bertz CT molecular complexity index is 491. The maximum absolute atomic E-state index is 12.1. The van der Waals surface area contributed by atoms with Crippen molar-refractivity contribution in [1.82, 2.24) is 15.2 Å². The Morgan fingerprint density at radius 3 is 2.57 bits per heavy atom. The SMILES string of the molecule is CCC(CC)C(CNC(=O)C(=O)c1ccc[nH]1)N1CCOCC1. The van der Waals surface area contributed by atoms with Crippen molar-refractivity contribution in [3.8, 4) is 0 Å². The summed E-state index contributed by atoms with van der Waals surface area (Å²) in [7, 11) is 0. The molecule has 6 nitrogen and oxygen atoms in total. The van der Waals surface area contributed by atoms with Crippen LogP contribution in [0.15, 0.2) is 18.3 Å². The molecule has 1 aromatic heterocycles. The third-order valence-corrected chi connectivity index (χ3v) is 4.63. The fourth-order valence-corrected chi connectivity index (χ4v) is 3.21. The smallest absolute Gasteiger partial charge is 0.294 e. The Labute approximate surface area is 137 Å². The number of H-pyrrole nitrogens is 1. The van der Waals surface area contributed by atoms with Gasteiger partial charge in [-0.1, -0.05) is 26.7 Å². The summed E-state index contributed by atoms with van der Waals surface area (Å²) in [5.74, 6) is -0.564. The summed E-state index contributed by atoms with van der Waals surface area (Å²) in [4.78, 5) is 29.3. The number of rotatable bonds is 8. The number of carbonyl (C=O) groups is 2. The predicted molar refractivity (Wildman–Crippen MR) is 88.4 cm³/mol. The van der Waals surface area contributed by atoms with E-state index in [2.05, 4.69) is 29.0 Å². The van der Waals surface area contributed by atoms with E-state index in [1.165, 1.54) is 0 Å². The van der Waals surface area contributed by atoms with E-state index in [4.69, 9.17) is 4.74 Å². The summed E-state index contributed by atoms with van der Waals surface area (Å²) in [6.45, 7) is 8.06. The molecule has 128 valence electrons. The fraction of sp³-hybridized carbons (Fsp3) is 0.647. The highest BCUT2D eigenvalue weighted by Crippen LogP contribution is 2.19. The van der Waals surface area contributed by atoms with Crippen molar-refractivity contribution in [3.05, 3.63) is 24.0 Å². The Hall–Kier alpha value is -1.66. The number of nitrogens with zero attached hydrogens (tertiary/aromatic N) is 1. The quantitative estimate of drug-likeness (QED) is 0.561. The van der Waals surface area contributed by atoms with Crippen molar-refractivity contribution in [2.45, 2.75) is 32.7 Å². The molecule has 1 atom stereocenters. The van der Waals surface area contributed by atoms with Crippen molar-refractivity contribution in [2.75, 3.05) is 32.8 Å². The zero-order chi connectivity index (χ0) is 16.7. The average molecular weight is 321 g/mol. The van der Waals surface area contributed by atoms with Crippen LogP contribution in [0.3, 0.4) is 0 Å². The number of morpholine rings is 1. The van der Waals surface area contributed by atoms with Gasteiger partial charge in [-0.25, -0.2) is 0 Å². The van der Waals surface area contributed by atoms with Gasteiger partial charge < -0.3 is 15.0 Å². The Morgan fingerprint density at radius 1 is 1.30 bits per heavy atom. The van der Waals surface area contributed by atoms with Crippen LogP contribution >= 0.6 is 0 Å². The van der Waals surface area contributed by atoms with Crippen LogP contribution in [0.2, 0.25) is 0 Å². The Morgan fingerprint density at radius 2 is 2.00 bits per heavy atom. The van der Waals surface area contributed by atoms with Gasteiger partial charge in [0.15, 0.2) is 0 Å². The number of hydrogen-bond acceptors (Lipinski definition) is 4. The number of amides is 1. The first-order valence-corrected chi connectivity index (χ1v) is 8.45. The van der Waals surface area contributed by atoms with Gasteiger partial charge in [-0.05, 0) is 18.1 Å². The molecule has 1 aromatic rings. The molecular formula is C17H27N3O3. The van der Waals surface area contributed by atoms with Crippen LogP contribution in [-0.4, -0.2) is 60.5 Å².